The van der Waals surface area contributed by atoms with Crippen molar-refractivity contribution in [2.45, 2.75) is 0 Å². The second-order valence-electron chi connectivity index (χ2n) is 7.40. The van der Waals surface area contributed by atoms with Gasteiger partial charge in [-0.3, -0.25) is 4.79 Å². The van der Waals surface area contributed by atoms with Crippen LogP contribution in [0, 0.1) is 0 Å². The average molecular weight is 470 g/mol. The third-order valence-electron chi connectivity index (χ3n) is 5.59. The van der Waals surface area contributed by atoms with Crippen LogP contribution in [0.2, 0.25) is 0 Å². The number of ether oxygens (including phenoxy) is 4. The molecule has 0 radical (unpaired) electrons. The highest BCUT2D eigenvalue weighted by Gasteiger charge is 2.23. The number of methoxy groups -OCH3 is 4. The Balaban J connectivity index is 1.41. The van der Waals surface area contributed by atoms with Gasteiger partial charge >= 0.3 is 0 Å². The van der Waals surface area contributed by atoms with Crippen molar-refractivity contribution in [1.29, 1.82) is 0 Å². The lowest BCUT2D eigenvalue weighted by molar-refractivity contribution is -0.126. The second-order valence-corrected chi connectivity index (χ2v) is 8.38. The van der Waals surface area contributed by atoms with Crippen molar-refractivity contribution in [1.82, 2.24) is 9.88 Å². The molecule has 0 spiro atoms. The molecule has 0 bridgehead atoms. The quantitative estimate of drug-likeness (QED) is 0.489. The summed E-state index contributed by atoms with van der Waals surface area (Å²) in [5.74, 6) is 2.77. The van der Waals surface area contributed by atoms with E-state index in [1.54, 1.807) is 51.9 Å². The molecule has 8 nitrogen and oxygen atoms in total. The fraction of sp³-hybridized carbons (Fsp3) is 0.333. The van der Waals surface area contributed by atoms with E-state index in [0.717, 1.165) is 32.4 Å². The van der Waals surface area contributed by atoms with Gasteiger partial charge < -0.3 is 28.7 Å². The first-order valence-corrected chi connectivity index (χ1v) is 11.3. The fourth-order valence-corrected chi connectivity index (χ4v) is 4.88. The van der Waals surface area contributed by atoms with Crippen molar-refractivity contribution < 1.29 is 23.7 Å². The second kappa shape index (κ2) is 9.99. The first-order chi connectivity index (χ1) is 16.1. The molecule has 0 aliphatic carbocycles. The smallest absolute Gasteiger partial charge is 0.246 e. The molecule has 0 atom stereocenters. The maximum atomic E-state index is 12.7. The minimum Gasteiger partial charge on any atom is -0.495 e. The highest BCUT2D eigenvalue weighted by Crippen LogP contribution is 2.40. The van der Waals surface area contributed by atoms with Gasteiger partial charge in [-0.2, -0.15) is 0 Å². The standard InChI is InChI=1S/C24H27N3O5S/c1-29-17-7-5-16(15-20(17)32-4)6-10-21(28)26-11-13-27(14-12-26)24-25-22-18(30-2)8-9-19(31-3)23(22)33-24/h5-10,15H,11-14H2,1-4H3/b10-6-. The fourth-order valence-electron chi connectivity index (χ4n) is 3.76. The van der Waals surface area contributed by atoms with Crippen molar-refractivity contribution in [3.63, 3.8) is 0 Å². The lowest BCUT2D eigenvalue weighted by Crippen LogP contribution is -2.48. The number of piperazine rings is 1. The molecule has 0 saturated carbocycles. The van der Waals surface area contributed by atoms with Crippen LogP contribution < -0.4 is 23.8 Å². The van der Waals surface area contributed by atoms with E-state index >= 15 is 0 Å². The van der Waals surface area contributed by atoms with Crippen LogP contribution >= 0.6 is 11.3 Å². The Labute approximate surface area is 196 Å². The molecular weight excluding hydrogens is 442 g/mol. The molecule has 1 aromatic heterocycles. The Bertz CT molecular complexity index is 1130. The molecule has 9 heteroatoms. The Hall–Kier alpha value is -3.46. The molecule has 174 valence electrons. The molecule has 1 aliphatic heterocycles. The van der Waals surface area contributed by atoms with E-state index in [1.165, 1.54) is 0 Å². The summed E-state index contributed by atoms with van der Waals surface area (Å²) < 4.78 is 22.5. The molecule has 0 unspecified atom stereocenters. The average Bonchev–Trinajstić information content (AvgIpc) is 3.32. The van der Waals surface area contributed by atoms with Crippen LogP contribution in [-0.4, -0.2) is 70.4 Å². The predicted octanol–water partition coefficient (Wildman–Crippen LogP) is 3.69. The van der Waals surface area contributed by atoms with Crippen molar-refractivity contribution in [3.8, 4) is 23.0 Å². The van der Waals surface area contributed by atoms with E-state index < -0.39 is 0 Å². The molecule has 4 rings (SSSR count). The predicted molar refractivity (Wildman–Crippen MR) is 130 cm³/mol. The highest BCUT2D eigenvalue weighted by molar-refractivity contribution is 7.22. The number of nitrogens with zero attached hydrogens (tertiary/aromatic N) is 3. The van der Waals surface area contributed by atoms with Gasteiger partial charge in [0.15, 0.2) is 16.6 Å². The normalized spacial score (nSPS) is 14.1. The number of aromatic nitrogens is 1. The Kier molecular flexibility index (Phi) is 6.88. The lowest BCUT2D eigenvalue weighted by Gasteiger charge is -2.34. The summed E-state index contributed by atoms with van der Waals surface area (Å²) in [5.41, 5.74) is 1.67. The summed E-state index contributed by atoms with van der Waals surface area (Å²) in [7, 11) is 6.48. The summed E-state index contributed by atoms with van der Waals surface area (Å²) in [5, 5.41) is 0.903. The summed E-state index contributed by atoms with van der Waals surface area (Å²) in [6.07, 6.45) is 3.40. The molecule has 1 saturated heterocycles. The largest absolute Gasteiger partial charge is 0.495 e. The maximum absolute atomic E-state index is 12.7. The Morgan fingerprint density at radius 3 is 2.18 bits per heavy atom. The van der Waals surface area contributed by atoms with Crippen LogP contribution in [0.4, 0.5) is 5.13 Å². The molecule has 0 N–H and O–H groups in total. The van der Waals surface area contributed by atoms with Gasteiger partial charge in [0.25, 0.3) is 0 Å². The van der Waals surface area contributed by atoms with Crippen molar-refractivity contribution in [2.24, 2.45) is 0 Å². The minimum atomic E-state index is -0.0166. The first-order valence-electron chi connectivity index (χ1n) is 10.5. The lowest BCUT2D eigenvalue weighted by atomic mass is 10.2. The number of hydrogen-bond acceptors (Lipinski definition) is 8. The zero-order valence-corrected chi connectivity index (χ0v) is 20.0. The maximum Gasteiger partial charge on any atom is 0.246 e. The molecule has 33 heavy (non-hydrogen) atoms. The van der Waals surface area contributed by atoms with E-state index in [0.29, 0.717) is 37.7 Å². The van der Waals surface area contributed by atoms with Gasteiger partial charge in [0.2, 0.25) is 5.91 Å². The summed E-state index contributed by atoms with van der Waals surface area (Å²) in [6, 6.07) is 9.31. The topological polar surface area (TPSA) is 73.4 Å². The van der Waals surface area contributed by atoms with Gasteiger partial charge in [-0.1, -0.05) is 17.4 Å². The molecule has 1 fully saturated rings. The highest BCUT2D eigenvalue weighted by atomic mass is 32.1. The summed E-state index contributed by atoms with van der Waals surface area (Å²) in [4.78, 5) is 21.6. The Morgan fingerprint density at radius 2 is 1.52 bits per heavy atom. The van der Waals surface area contributed by atoms with Gasteiger partial charge in [-0.25, -0.2) is 4.98 Å². The number of amides is 1. The molecule has 2 aromatic carbocycles. The molecular formula is C24H27N3O5S. The molecule has 2 heterocycles. The van der Waals surface area contributed by atoms with Crippen LogP contribution in [0.15, 0.2) is 36.4 Å². The van der Waals surface area contributed by atoms with Crippen LogP contribution in [0.5, 0.6) is 23.0 Å². The number of hydrogen-bond donors (Lipinski definition) is 0. The number of carbonyl (C=O) groups excluding carboxylic acids is 1. The molecule has 3 aromatic rings. The van der Waals surface area contributed by atoms with Gasteiger partial charge in [0.1, 0.15) is 21.7 Å². The number of carbonyl (C=O) groups is 1. The van der Waals surface area contributed by atoms with E-state index in [9.17, 15) is 4.79 Å². The SMILES string of the molecule is COc1ccc(/C=C\C(=O)N2CCN(c3nc4c(OC)ccc(OC)c4s3)CC2)cc1OC. The zero-order chi connectivity index (χ0) is 23.4. The van der Waals surface area contributed by atoms with E-state index in [4.69, 9.17) is 23.9 Å². The summed E-state index contributed by atoms with van der Waals surface area (Å²) >= 11 is 1.58. The third-order valence-corrected chi connectivity index (χ3v) is 6.72. The van der Waals surface area contributed by atoms with Crippen molar-refractivity contribution >= 4 is 38.7 Å². The van der Waals surface area contributed by atoms with Gasteiger partial charge in [0, 0.05) is 32.3 Å². The number of thiazole rings is 1. The summed E-state index contributed by atoms with van der Waals surface area (Å²) in [6.45, 7) is 2.67. The van der Waals surface area contributed by atoms with E-state index in [-0.39, 0.29) is 5.91 Å². The van der Waals surface area contributed by atoms with Crippen molar-refractivity contribution in [3.05, 3.63) is 42.0 Å². The molecule has 1 aliphatic rings. The van der Waals surface area contributed by atoms with Gasteiger partial charge in [-0.05, 0) is 35.9 Å². The van der Waals surface area contributed by atoms with Gasteiger partial charge in [-0.15, -0.1) is 0 Å². The minimum absolute atomic E-state index is 0.0166. The number of rotatable bonds is 7. The monoisotopic (exact) mass is 469 g/mol. The van der Waals surface area contributed by atoms with E-state index in [1.807, 2.05) is 35.2 Å². The van der Waals surface area contributed by atoms with Crippen LogP contribution in [0.3, 0.4) is 0 Å². The van der Waals surface area contributed by atoms with Crippen LogP contribution in [0.1, 0.15) is 5.56 Å². The number of benzene rings is 2. The van der Waals surface area contributed by atoms with E-state index in [2.05, 4.69) is 4.90 Å². The van der Waals surface area contributed by atoms with Crippen molar-refractivity contribution in [2.75, 3.05) is 59.5 Å². The van der Waals surface area contributed by atoms with Crippen LogP contribution in [0.25, 0.3) is 16.3 Å². The van der Waals surface area contributed by atoms with Gasteiger partial charge in [0.05, 0.1) is 28.4 Å². The third kappa shape index (κ3) is 4.68. The number of anilines is 1. The first kappa shape index (κ1) is 22.7. The van der Waals surface area contributed by atoms with Crippen LogP contribution in [-0.2, 0) is 4.79 Å². The molecule has 1 amide bonds. The zero-order valence-electron chi connectivity index (χ0n) is 19.2. The Morgan fingerprint density at radius 1 is 0.879 bits per heavy atom. The number of fused-ring (bicyclic) bond motifs is 1.